The van der Waals surface area contributed by atoms with Crippen LogP contribution in [0, 0.1) is 5.92 Å². The highest BCUT2D eigenvalue weighted by Gasteiger charge is 2.18. The van der Waals surface area contributed by atoms with E-state index in [4.69, 9.17) is 10.8 Å². The molecule has 0 radical (unpaired) electrons. The molecular weight excluding hydrogens is 250 g/mol. The van der Waals surface area contributed by atoms with Gasteiger partial charge in [0.05, 0.1) is 11.9 Å². The van der Waals surface area contributed by atoms with Crippen LogP contribution < -0.4 is 5.73 Å². The Balaban J connectivity index is 2.67. The number of carbonyl (C=O) groups excluding carboxylic acids is 1. The monoisotopic (exact) mass is 269 g/mol. The maximum absolute atomic E-state index is 12.0. The largest absolute Gasteiger partial charge is 0.480 e. The summed E-state index contributed by atoms with van der Waals surface area (Å²) >= 11 is 0. The predicted molar refractivity (Wildman–Crippen MR) is 67.0 cm³/mol. The highest BCUT2D eigenvalue weighted by molar-refractivity contribution is 5.81. The minimum atomic E-state index is -1.03. The van der Waals surface area contributed by atoms with Crippen molar-refractivity contribution in [3.05, 3.63) is 11.9 Å². The zero-order valence-electron chi connectivity index (χ0n) is 11.1. The fourth-order valence-corrected chi connectivity index (χ4v) is 1.61. The molecule has 0 aliphatic heterocycles. The van der Waals surface area contributed by atoms with Gasteiger partial charge in [-0.25, -0.2) is 4.68 Å². The van der Waals surface area contributed by atoms with Gasteiger partial charge in [-0.15, -0.1) is 5.10 Å². The van der Waals surface area contributed by atoms with E-state index in [-0.39, 0.29) is 31.5 Å². The molecule has 0 saturated heterocycles. The summed E-state index contributed by atoms with van der Waals surface area (Å²) in [6.45, 7) is 4.14. The van der Waals surface area contributed by atoms with Gasteiger partial charge >= 0.3 is 5.97 Å². The molecular formula is C11H19N5O3. The van der Waals surface area contributed by atoms with Crippen LogP contribution in [0.25, 0.3) is 0 Å². The van der Waals surface area contributed by atoms with Gasteiger partial charge in [0.2, 0.25) is 5.91 Å². The van der Waals surface area contributed by atoms with Gasteiger partial charge in [0.25, 0.3) is 0 Å². The molecule has 1 amide bonds. The van der Waals surface area contributed by atoms with E-state index in [0.717, 1.165) is 0 Å². The number of carbonyl (C=O) groups is 2. The van der Waals surface area contributed by atoms with Crippen LogP contribution in [0.2, 0.25) is 0 Å². The number of amides is 1. The summed E-state index contributed by atoms with van der Waals surface area (Å²) in [5.41, 5.74) is 5.98. The van der Waals surface area contributed by atoms with Crippen molar-refractivity contribution in [3.8, 4) is 0 Å². The van der Waals surface area contributed by atoms with Gasteiger partial charge in [-0.05, 0) is 5.92 Å². The Bertz CT molecular complexity index is 443. The third kappa shape index (κ3) is 5.04. The second-order valence-corrected chi connectivity index (χ2v) is 4.67. The molecule has 8 nitrogen and oxygen atoms in total. The van der Waals surface area contributed by atoms with Crippen molar-refractivity contribution < 1.29 is 14.7 Å². The van der Waals surface area contributed by atoms with E-state index in [1.54, 1.807) is 6.20 Å². The normalized spacial score (nSPS) is 10.7. The number of nitrogens with zero attached hydrogens (tertiary/aromatic N) is 4. The minimum Gasteiger partial charge on any atom is -0.480 e. The summed E-state index contributed by atoms with van der Waals surface area (Å²) in [6.07, 6.45) is 1.58. The third-order valence-electron chi connectivity index (χ3n) is 2.36. The quantitative estimate of drug-likeness (QED) is 0.677. The zero-order chi connectivity index (χ0) is 14.4. The van der Waals surface area contributed by atoms with Gasteiger partial charge in [0.15, 0.2) is 0 Å². The average Bonchev–Trinajstić information content (AvgIpc) is 2.74. The van der Waals surface area contributed by atoms with Crippen LogP contribution >= 0.6 is 0 Å². The van der Waals surface area contributed by atoms with Crippen LogP contribution in [0.1, 0.15) is 19.5 Å². The van der Waals surface area contributed by atoms with Gasteiger partial charge in [0.1, 0.15) is 13.1 Å². The number of aliphatic carboxylic acids is 1. The van der Waals surface area contributed by atoms with Crippen LogP contribution in [0.5, 0.6) is 0 Å². The second kappa shape index (κ2) is 6.83. The summed E-state index contributed by atoms with van der Waals surface area (Å²) in [7, 11) is 0. The molecule has 1 heterocycles. The number of hydrogen-bond donors (Lipinski definition) is 2. The van der Waals surface area contributed by atoms with Gasteiger partial charge in [-0.3, -0.25) is 9.59 Å². The van der Waals surface area contributed by atoms with E-state index >= 15 is 0 Å². The molecule has 0 aromatic carbocycles. The lowest BCUT2D eigenvalue weighted by molar-refractivity contribution is -0.145. The molecule has 1 rings (SSSR count). The predicted octanol–water partition coefficient (Wildman–Crippen LogP) is -0.694. The molecule has 0 bridgehead atoms. The SMILES string of the molecule is CC(C)CN(CC(=O)O)C(=O)Cn1cc(CN)nn1. The Kier molecular flexibility index (Phi) is 5.43. The van der Waals surface area contributed by atoms with Gasteiger partial charge in [-0.2, -0.15) is 0 Å². The van der Waals surface area contributed by atoms with Gasteiger partial charge in [0, 0.05) is 13.1 Å². The Hall–Kier alpha value is -1.96. The molecule has 0 spiro atoms. The molecule has 0 fully saturated rings. The van der Waals surface area contributed by atoms with Crippen LogP contribution in [-0.2, 0) is 22.7 Å². The molecule has 1 aromatic heterocycles. The number of carboxylic acids is 1. The van der Waals surface area contributed by atoms with E-state index in [0.29, 0.717) is 12.2 Å². The molecule has 0 unspecified atom stereocenters. The Morgan fingerprint density at radius 3 is 2.68 bits per heavy atom. The highest BCUT2D eigenvalue weighted by atomic mass is 16.4. The van der Waals surface area contributed by atoms with E-state index in [9.17, 15) is 9.59 Å². The van der Waals surface area contributed by atoms with E-state index in [1.165, 1.54) is 9.58 Å². The number of aromatic nitrogens is 3. The first-order chi connectivity index (χ1) is 8.92. The van der Waals surface area contributed by atoms with Gasteiger partial charge in [-0.1, -0.05) is 19.1 Å². The van der Waals surface area contributed by atoms with Crippen molar-refractivity contribution in [2.45, 2.75) is 26.9 Å². The second-order valence-electron chi connectivity index (χ2n) is 4.67. The Morgan fingerprint density at radius 1 is 1.53 bits per heavy atom. The van der Waals surface area contributed by atoms with Crippen LogP contribution in [-0.4, -0.2) is 50.0 Å². The van der Waals surface area contributed by atoms with Crippen molar-refractivity contribution >= 4 is 11.9 Å². The summed E-state index contributed by atoms with van der Waals surface area (Å²) in [5.74, 6) is -1.14. The number of carboxylic acid groups (broad SMARTS) is 1. The van der Waals surface area contributed by atoms with Crippen molar-refractivity contribution in [1.29, 1.82) is 0 Å². The average molecular weight is 269 g/mol. The summed E-state index contributed by atoms with van der Waals surface area (Å²) in [5, 5.41) is 16.3. The molecule has 0 atom stereocenters. The summed E-state index contributed by atoms with van der Waals surface area (Å²) in [4.78, 5) is 24.1. The van der Waals surface area contributed by atoms with Crippen LogP contribution in [0.15, 0.2) is 6.20 Å². The lowest BCUT2D eigenvalue weighted by Gasteiger charge is -2.22. The topological polar surface area (TPSA) is 114 Å². The first-order valence-corrected chi connectivity index (χ1v) is 6.01. The highest BCUT2D eigenvalue weighted by Crippen LogP contribution is 2.01. The van der Waals surface area contributed by atoms with E-state index < -0.39 is 5.97 Å². The van der Waals surface area contributed by atoms with Crippen molar-refractivity contribution in [3.63, 3.8) is 0 Å². The standard InChI is InChI=1S/C11H19N5O3/c1-8(2)4-15(7-11(18)19)10(17)6-16-5-9(3-12)13-14-16/h5,8H,3-4,6-7,12H2,1-2H3,(H,18,19). The number of rotatable bonds is 7. The minimum absolute atomic E-state index is 0.0347. The number of nitrogens with two attached hydrogens (primary N) is 1. The van der Waals surface area contributed by atoms with Crippen LogP contribution in [0.3, 0.4) is 0 Å². The number of hydrogen-bond acceptors (Lipinski definition) is 5. The fraction of sp³-hybridized carbons (Fsp3) is 0.636. The van der Waals surface area contributed by atoms with Crippen molar-refractivity contribution in [2.75, 3.05) is 13.1 Å². The third-order valence-corrected chi connectivity index (χ3v) is 2.36. The first kappa shape index (κ1) is 15.1. The van der Waals surface area contributed by atoms with Gasteiger partial charge < -0.3 is 15.7 Å². The van der Waals surface area contributed by atoms with E-state index in [1.807, 2.05) is 13.8 Å². The molecule has 19 heavy (non-hydrogen) atoms. The molecule has 0 aliphatic rings. The van der Waals surface area contributed by atoms with Crippen molar-refractivity contribution in [1.82, 2.24) is 19.9 Å². The smallest absolute Gasteiger partial charge is 0.323 e. The molecule has 1 aromatic rings. The molecule has 106 valence electrons. The molecule has 0 aliphatic carbocycles. The zero-order valence-corrected chi connectivity index (χ0v) is 11.1. The Labute approximate surface area is 111 Å². The molecule has 3 N–H and O–H groups in total. The Morgan fingerprint density at radius 2 is 2.21 bits per heavy atom. The first-order valence-electron chi connectivity index (χ1n) is 6.01. The lowest BCUT2D eigenvalue weighted by atomic mass is 10.2. The maximum Gasteiger partial charge on any atom is 0.323 e. The molecule has 8 heteroatoms. The van der Waals surface area contributed by atoms with Crippen LogP contribution in [0.4, 0.5) is 0 Å². The molecule has 0 saturated carbocycles. The van der Waals surface area contributed by atoms with E-state index in [2.05, 4.69) is 10.3 Å². The fourth-order valence-electron chi connectivity index (χ4n) is 1.61. The van der Waals surface area contributed by atoms with Crippen molar-refractivity contribution in [2.24, 2.45) is 11.7 Å². The summed E-state index contributed by atoms with van der Waals surface area (Å²) in [6, 6.07) is 0. The summed E-state index contributed by atoms with van der Waals surface area (Å²) < 4.78 is 1.36. The maximum atomic E-state index is 12.0. The lowest BCUT2D eigenvalue weighted by Crippen LogP contribution is -2.40.